The fraction of sp³-hybridized carbons (Fsp3) is 0.308. The third-order valence-electron chi connectivity index (χ3n) is 3.12. The van der Waals surface area contributed by atoms with Crippen LogP contribution in [0.15, 0.2) is 29.7 Å². The minimum Gasteiger partial charge on any atom is -0.298 e. The first kappa shape index (κ1) is 14.1. The van der Waals surface area contributed by atoms with Crippen LogP contribution in [0.2, 0.25) is 5.02 Å². The van der Waals surface area contributed by atoms with E-state index in [0.717, 1.165) is 0 Å². The van der Waals surface area contributed by atoms with E-state index in [1.807, 2.05) is 18.4 Å². The quantitative estimate of drug-likeness (QED) is 0.627. The van der Waals surface area contributed by atoms with Crippen molar-refractivity contribution in [3.63, 3.8) is 0 Å². The SMILES string of the molecule is CC1(C(=O)Cc2ccc(Cl)cc2[N+](=O)[O-])CC=CS1. The lowest BCUT2D eigenvalue weighted by Crippen LogP contribution is -2.30. The number of nitro groups is 1. The lowest BCUT2D eigenvalue weighted by atomic mass is 9.95. The van der Waals surface area contributed by atoms with Crippen molar-refractivity contribution in [2.24, 2.45) is 0 Å². The summed E-state index contributed by atoms with van der Waals surface area (Å²) in [6, 6.07) is 4.40. The van der Waals surface area contributed by atoms with Gasteiger partial charge in [-0.05, 0) is 24.8 Å². The van der Waals surface area contributed by atoms with Crippen molar-refractivity contribution in [1.29, 1.82) is 0 Å². The van der Waals surface area contributed by atoms with Gasteiger partial charge >= 0.3 is 0 Å². The molecule has 0 aromatic heterocycles. The van der Waals surface area contributed by atoms with E-state index in [1.165, 1.54) is 17.8 Å². The average Bonchev–Trinajstić information content (AvgIpc) is 2.79. The number of hydrogen-bond acceptors (Lipinski definition) is 4. The number of hydrogen-bond donors (Lipinski definition) is 0. The highest BCUT2D eigenvalue weighted by atomic mass is 35.5. The first-order valence-corrected chi connectivity index (χ1v) is 6.97. The molecule has 0 N–H and O–H groups in total. The fourth-order valence-corrected chi connectivity index (χ4v) is 2.97. The molecule has 6 heteroatoms. The van der Waals surface area contributed by atoms with E-state index in [-0.39, 0.29) is 17.9 Å². The summed E-state index contributed by atoms with van der Waals surface area (Å²) >= 11 is 7.21. The molecule has 0 aliphatic carbocycles. The highest BCUT2D eigenvalue weighted by Gasteiger charge is 2.35. The molecule has 100 valence electrons. The molecule has 1 heterocycles. The van der Waals surface area contributed by atoms with Crippen molar-refractivity contribution in [1.82, 2.24) is 0 Å². The Bertz CT molecular complexity index is 563. The second kappa shape index (κ2) is 5.35. The van der Waals surface area contributed by atoms with Gasteiger partial charge < -0.3 is 0 Å². The molecule has 1 aromatic carbocycles. The summed E-state index contributed by atoms with van der Waals surface area (Å²) in [7, 11) is 0. The molecule has 0 spiro atoms. The third kappa shape index (κ3) is 2.98. The van der Waals surface area contributed by atoms with Crippen molar-refractivity contribution in [2.75, 3.05) is 0 Å². The van der Waals surface area contributed by atoms with E-state index in [2.05, 4.69) is 0 Å². The topological polar surface area (TPSA) is 60.2 Å². The van der Waals surface area contributed by atoms with Gasteiger partial charge in [0, 0.05) is 23.1 Å². The van der Waals surface area contributed by atoms with Gasteiger partial charge in [-0.2, -0.15) is 0 Å². The van der Waals surface area contributed by atoms with Crippen LogP contribution in [0, 0.1) is 10.1 Å². The number of thioether (sulfide) groups is 1. The molecule has 0 amide bonds. The molecule has 2 rings (SSSR count). The molecule has 0 fully saturated rings. The molecule has 1 unspecified atom stereocenters. The van der Waals surface area contributed by atoms with Crippen LogP contribution in [0.5, 0.6) is 0 Å². The number of allylic oxidation sites excluding steroid dienone is 1. The van der Waals surface area contributed by atoms with Crippen LogP contribution in [0.3, 0.4) is 0 Å². The zero-order chi connectivity index (χ0) is 14.0. The predicted molar refractivity (Wildman–Crippen MR) is 76.6 cm³/mol. The number of nitro benzene ring substituents is 1. The standard InChI is InChI=1S/C13H12ClNO3S/c1-13(5-2-6-19-13)12(16)7-9-3-4-10(14)8-11(9)15(17)18/h2-4,6,8H,5,7H2,1H3. The van der Waals surface area contributed by atoms with Gasteiger partial charge in [0.25, 0.3) is 5.69 Å². The van der Waals surface area contributed by atoms with E-state index >= 15 is 0 Å². The number of halogens is 1. The molecule has 0 saturated carbocycles. The van der Waals surface area contributed by atoms with Crippen molar-refractivity contribution < 1.29 is 9.72 Å². The van der Waals surface area contributed by atoms with Crippen molar-refractivity contribution in [3.8, 4) is 0 Å². The molecule has 0 radical (unpaired) electrons. The Morgan fingerprint density at radius 3 is 2.89 bits per heavy atom. The maximum Gasteiger partial charge on any atom is 0.274 e. The van der Waals surface area contributed by atoms with Crippen LogP contribution in [0.1, 0.15) is 18.9 Å². The monoisotopic (exact) mass is 297 g/mol. The second-order valence-electron chi connectivity index (χ2n) is 4.55. The first-order valence-electron chi connectivity index (χ1n) is 5.71. The van der Waals surface area contributed by atoms with Gasteiger partial charge in [-0.1, -0.05) is 23.7 Å². The smallest absolute Gasteiger partial charge is 0.274 e. The lowest BCUT2D eigenvalue weighted by Gasteiger charge is -2.20. The van der Waals surface area contributed by atoms with Crippen LogP contribution < -0.4 is 0 Å². The summed E-state index contributed by atoms with van der Waals surface area (Å²) in [4.78, 5) is 22.8. The molecule has 0 saturated heterocycles. The largest absolute Gasteiger partial charge is 0.298 e. The molecule has 0 bridgehead atoms. The normalized spacial score (nSPS) is 21.6. The molecule has 1 aromatic rings. The van der Waals surface area contributed by atoms with Gasteiger partial charge in [0.15, 0.2) is 5.78 Å². The van der Waals surface area contributed by atoms with E-state index in [4.69, 9.17) is 11.6 Å². The number of Topliss-reactive ketones (excluding diaryl/α,β-unsaturated/α-hetero) is 1. The Balaban J connectivity index is 2.24. The fourth-order valence-electron chi connectivity index (χ4n) is 1.92. The van der Waals surface area contributed by atoms with Gasteiger partial charge in [-0.25, -0.2) is 0 Å². The maximum atomic E-state index is 12.3. The summed E-state index contributed by atoms with van der Waals surface area (Å²) in [6.45, 7) is 1.86. The van der Waals surface area contributed by atoms with Gasteiger partial charge in [0.05, 0.1) is 9.67 Å². The van der Waals surface area contributed by atoms with E-state index < -0.39 is 9.67 Å². The van der Waals surface area contributed by atoms with Crippen LogP contribution in [0.4, 0.5) is 5.69 Å². The predicted octanol–water partition coefficient (Wildman–Crippen LogP) is 3.77. The number of carbonyl (C=O) groups excluding carboxylic acids is 1. The minimum atomic E-state index is -0.506. The summed E-state index contributed by atoms with van der Waals surface area (Å²) in [5.74, 6) is -0.00655. The molecule has 4 nitrogen and oxygen atoms in total. The third-order valence-corrected chi connectivity index (χ3v) is 4.59. The Kier molecular flexibility index (Phi) is 3.96. The highest BCUT2D eigenvalue weighted by Crippen LogP contribution is 2.38. The zero-order valence-corrected chi connectivity index (χ0v) is 11.8. The summed E-state index contributed by atoms with van der Waals surface area (Å²) in [5, 5.41) is 13.2. The molecule has 1 atom stereocenters. The molecular formula is C13H12ClNO3S. The lowest BCUT2D eigenvalue weighted by molar-refractivity contribution is -0.385. The molecule has 1 aliphatic rings. The molecule has 19 heavy (non-hydrogen) atoms. The second-order valence-corrected chi connectivity index (χ2v) is 6.40. The Morgan fingerprint density at radius 2 is 2.32 bits per heavy atom. The van der Waals surface area contributed by atoms with Gasteiger partial charge in [0.2, 0.25) is 0 Å². The van der Waals surface area contributed by atoms with Gasteiger partial charge in [-0.3, -0.25) is 14.9 Å². The Hall–Kier alpha value is -1.33. The van der Waals surface area contributed by atoms with Crippen LogP contribution in [0.25, 0.3) is 0 Å². The maximum absolute atomic E-state index is 12.3. The van der Waals surface area contributed by atoms with E-state index in [9.17, 15) is 14.9 Å². The number of carbonyl (C=O) groups is 1. The van der Waals surface area contributed by atoms with Crippen molar-refractivity contribution in [3.05, 3.63) is 50.4 Å². The van der Waals surface area contributed by atoms with Crippen LogP contribution >= 0.6 is 23.4 Å². The van der Waals surface area contributed by atoms with E-state index in [0.29, 0.717) is 17.0 Å². The van der Waals surface area contributed by atoms with Crippen LogP contribution in [-0.4, -0.2) is 15.5 Å². The Morgan fingerprint density at radius 1 is 1.58 bits per heavy atom. The Labute approximate surface area is 120 Å². The highest BCUT2D eigenvalue weighted by molar-refractivity contribution is 8.04. The van der Waals surface area contributed by atoms with Gasteiger partial charge in [-0.15, -0.1) is 11.8 Å². The average molecular weight is 298 g/mol. The number of benzene rings is 1. The van der Waals surface area contributed by atoms with E-state index in [1.54, 1.807) is 12.1 Å². The zero-order valence-electron chi connectivity index (χ0n) is 10.3. The molecular weight excluding hydrogens is 286 g/mol. The minimum absolute atomic E-state index is 0.00655. The van der Waals surface area contributed by atoms with Crippen LogP contribution in [-0.2, 0) is 11.2 Å². The first-order chi connectivity index (χ1) is 8.92. The number of rotatable bonds is 4. The summed E-state index contributed by atoms with van der Waals surface area (Å²) in [6.07, 6.45) is 2.66. The summed E-state index contributed by atoms with van der Waals surface area (Å²) < 4.78 is -0.506. The van der Waals surface area contributed by atoms with Gasteiger partial charge in [0.1, 0.15) is 0 Å². The van der Waals surface area contributed by atoms with Crippen molar-refractivity contribution in [2.45, 2.75) is 24.5 Å². The number of ketones is 1. The number of nitrogens with zero attached hydrogens (tertiary/aromatic N) is 1. The molecule has 1 aliphatic heterocycles. The summed E-state index contributed by atoms with van der Waals surface area (Å²) in [5.41, 5.74) is 0.313. The van der Waals surface area contributed by atoms with Crippen molar-refractivity contribution >= 4 is 34.8 Å².